The van der Waals surface area contributed by atoms with Gasteiger partial charge in [-0.2, -0.15) is 0 Å². The van der Waals surface area contributed by atoms with Gasteiger partial charge in [0.1, 0.15) is 4.90 Å². The number of rotatable bonds is 4. The standard InChI is InChI=1S/C11H15ClN2O2S/c1-2-7-5-10(7)14-17(15,16)11-6-8(13)3-4-9(11)12/h3-4,6-7,10,14H,2,5,13H2,1H3. The lowest BCUT2D eigenvalue weighted by molar-refractivity contribution is 0.576. The first-order valence-electron chi connectivity index (χ1n) is 5.51. The van der Waals surface area contributed by atoms with Gasteiger partial charge in [0.2, 0.25) is 10.0 Å². The Hall–Kier alpha value is -0.780. The van der Waals surface area contributed by atoms with E-state index in [1.54, 1.807) is 6.07 Å². The fraction of sp³-hybridized carbons (Fsp3) is 0.455. The largest absolute Gasteiger partial charge is 0.399 e. The summed E-state index contributed by atoms with van der Waals surface area (Å²) in [5, 5.41) is 0.195. The molecule has 4 nitrogen and oxygen atoms in total. The summed E-state index contributed by atoms with van der Waals surface area (Å²) in [4.78, 5) is 0.0564. The second-order valence-electron chi connectivity index (χ2n) is 4.32. The monoisotopic (exact) mass is 274 g/mol. The molecule has 2 rings (SSSR count). The van der Waals surface area contributed by atoms with Crippen LogP contribution in [0, 0.1) is 5.92 Å². The maximum Gasteiger partial charge on any atom is 0.242 e. The molecule has 3 N–H and O–H groups in total. The number of nitrogens with two attached hydrogens (primary N) is 1. The quantitative estimate of drug-likeness (QED) is 0.825. The van der Waals surface area contributed by atoms with Crippen LogP contribution in [0.1, 0.15) is 19.8 Å². The third-order valence-corrected chi connectivity index (χ3v) is 4.97. The first-order chi connectivity index (χ1) is 7.94. The Morgan fingerprint density at radius 2 is 2.24 bits per heavy atom. The Morgan fingerprint density at radius 3 is 2.82 bits per heavy atom. The van der Waals surface area contributed by atoms with Gasteiger partial charge in [0.05, 0.1) is 5.02 Å². The highest BCUT2D eigenvalue weighted by molar-refractivity contribution is 7.89. The minimum atomic E-state index is -3.56. The summed E-state index contributed by atoms with van der Waals surface area (Å²) in [5.74, 6) is 0.449. The van der Waals surface area contributed by atoms with Crippen LogP contribution in [0.4, 0.5) is 5.69 Å². The molecule has 0 bridgehead atoms. The molecule has 1 aliphatic rings. The number of nitrogen functional groups attached to an aromatic ring is 1. The zero-order valence-electron chi connectivity index (χ0n) is 9.48. The maximum atomic E-state index is 12.1. The number of hydrogen-bond donors (Lipinski definition) is 2. The van der Waals surface area contributed by atoms with Gasteiger partial charge in [0, 0.05) is 11.7 Å². The van der Waals surface area contributed by atoms with Crippen molar-refractivity contribution in [2.24, 2.45) is 5.92 Å². The van der Waals surface area contributed by atoms with E-state index in [9.17, 15) is 8.42 Å². The molecule has 0 amide bonds. The highest BCUT2D eigenvalue weighted by Crippen LogP contribution is 2.35. The van der Waals surface area contributed by atoms with E-state index in [0.717, 1.165) is 12.8 Å². The Bertz CT molecular complexity index is 530. The van der Waals surface area contributed by atoms with Crippen molar-refractivity contribution in [3.63, 3.8) is 0 Å². The van der Waals surface area contributed by atoms with Crippen LogP contribution in [0.2, 0.25) is 5.02 Å². The second kappa shape index (κ2) is 4.48. The van der Waals surface area contributed by atoms with Gasteiger partial charge in [0.15, 0.2) is 0 Å². The van der Waals surface area contributed by atoms with Crippen LogP contribution in [-0.2, 0) is 10.0 Å². The van der Waals surface area contributed by atoms with Crippen LogP contribution in [0.25, 0.3) is 0 Å². The molecule has 94 valence electrons. The molecule has 6 heteroatoms. The lowest BCUT2D eigenvalue weighted by atomic mass is 10.3. The first kappa shape index (κ1) is 12.7. The molecule has 1 aromatic rings. The normalized spacial score (nSPS) is 23.6. The van der Waals surface area contributed by atoms with Crippen LogP contribution < -0.4 is 10.5 Å². The van der Waals surface area contributed by atoms with Gasteiger partial charge in [-0.05, 0) is 30.5 Å². The fourth-order valence-electron chi connectivity index (χ4n) is 1.83. The van der Waals surface area contributed by atoms with E-state index in [4.69, 9.17) is 17.3 Å². The third kappa shape index (κ3) is 2.73. The van der Waals surface area contributed by atoms with Gasteiger partial charge < -0.3 is 5.73 Å². The van der Waals surface area contributed by atoms with Gasteiger partial charge in [-0.3, -0.25) is 0 Å². The zero-order valence-corrected chi connectivity index (χ0v) is 11.1. The summed E-state index contributed by atoms with van der Waals surface area (Å²) in [6.45, 7) is 2.05. The third-order valence-electron chi connectivity index (χ3n) is 3.00. The van der Waals surface area contributed by atoms with Gasteiger partial charge >= 0.3 is 0 Å². The molecular weight excluding hydrogens is 260 g/mol. The number of halogens is 1. The van der Waals surface area contributed by atoms with Crippen molar-refractivity contribution in [1.82, 2.24) is 4.72 Å². The fourth-order valence-corrected chi connectivity index (χ4v) is 3.68. The topological polar surface area (TPSA) is 72.2 Å². The molecule has 0 saturated heterocycles. The van der Waals surface area contributed by atoms with E-state index in [0.29, 0.717) is 11.6 Å². The minimum Gasteiger partial charge on any atom is -0.399 e. The SMILES string of the molecule is CCC1CC1NS(=O)(=O)c1cc(N)ccc1Cl. The van der Waals surface area contributed by atoms with Crippen LogP contribution >= 0.6 is 11.6 Å². The first-order valence-corrected chi connectivity index (χ1v) is 7.37. The Labute approximate surface area is 106 Å². The lowest BCUT2D eigenvalue weighted by Crippen LogP contribution is -2.27. The summed E-state index contributed by atoms with van der Waals surface area (Å²) in [6.07, 6.45) is 1.88. The van der Waals surface area contributed by atoms with Gasteiger partial charge in [-0.1, -0.05) is 24.9 Å². The molecule has 17 heavy (non-hydrogen) atoms. The molecule has 2 unspecified atom stereocenters. The molecule has 1 aliphatic carbocycles. The Kier molecular flexibility index (Phi) is 3.34. The van der Waals surface area contributed by atoms with Gasteiger partial charge in [-0.15, -0.1) is 0 Å². The van der Waals surface area contributed by atoms with Crippen molar-refractivity contribution in [3.8, 4) is 0 Å². The van der Waals surface area contributed by atoms with Crippen molar-refractivity contribution in [2.45, 2.75) is 30.7 Å². The summed E-state index contributed by atoms with van der Waals surface area (Å²) in [7, 11) is -3.56. The molecule has 1 aromatic carbocycles. The van der Waals surface area contributed by atoms with E-state index in [-0.39, 0.29) is 16.0 Å². The summed E-state index contributed by atoms with van der Waals surface area (Å²) in [5.41, 5.74) is 5.96. The van der Waals surface area contributed by atoms with Crippen LogP contribution in [0.3, 0.4) is 0 Å². The molecule has 0 heterocycles. The van der Waals surface area contributed by atoms with Crippen LogP contribution in [0.5, 0.6) is 0 Å². The summed E-state index contributed by atoms with van der Waals surface area (Å²) >= 11 is 5.88. The lowest BCUT2D eigenvalue weighted by Gasteiger charge is -2.08. The number of sulfonamides is 1. The molecule has 2 atom stereocenters. The van der Waals surface area contributed by atoms with Crippen molar-refractivity contribution < 1.29 is 8.42 Å². The van der Waals surface area contributed by atoms with E-state index in [1.807, 2.05) is 6.92 Å². The zero-order chi connectivity index (χ0) is 12.6. The highest BCUT2D eigenvalue weighted by Gasteiger charge is 2.39. The number of anilines is 1. The van der Waals surface area contributed by atoms with E-state index in [2.05, 4.69) is 4.72 Å². The molecular formula is C11H15ClN2O2S. The average molecular weight is 275 g/mol. The minimum absolute atomic E-state index is 0.0440. The Morgan fingerprint density at radius 1 is 1.53 bits per heavy atom. The van der Waals surface area contributed by atoms with Gasteiger partial charge in [-0.25, -0.2) is 13.1 Å². The average Bonchev–Trinajstić information content (AvgIpc) is 2.99. The molecule has 0 aliphatic heterocycles. The van der Waals surface area contributed by atoms with Crippen LogP contribution in [-0.4, -0.2) is 14.5 Å². The number of benzene rings is 1. The van der Waals surface area contributed by atoms with Crippen LogP contribution in [0.15, 0.2) is 23.1 Å². The smallest absolute Gasteiger partial charge is 0.242 e. The van der Waals surface area contributed by atoms with Crippen molar-refractivity contribution in [2.75, 3.05) is 5.73 Å². The van der Waals surface area contributed by atoms with Crippen molar-refractivity contribution >= 4 is 27.3 Å². The Balaban J connectivity index is 2.23. The second-order valence-corrected chi connectivity index (χ2v) is 6.41. The maximum absolute atomic E-state index is 12.1. The summed E-state index contributed by atoms with van der Waals surface area (Å²) in [6, 6.07) is 4.50. The molecule has 0 spiro atoms. The highest BCUT2D eigenvalue weighted by atomic mass is 35.5. The van der Waals surface area contributed by atoms with E-state index in [1.165, 1.54) is 12.1 Å². The number of hydrogen-bond acceptors (Lipinski definition) is 3. The van der Waals surface area contributed by atoms with E-state index < -0.39 is 10.0 Å². The van der Waals surface area contributed by atoms with E-state index >= 15 is 0 Å². The van der Waals surface area contributed by atoms with Crippen molar-refractivity contribution in [1.29, 1.82) is 0 Å². The summed E-state index contributed by atoms with van der Waals surface area (Å²) < 4.78 is 26.8. The predicted octanol–water partition coefficient (Wildman–Crippen LogP) is 2.00. The molecule has 0 aromatic heterocycles. The number of nitrogens with one attached hydrogen (secondary N) is 1. The van der Waals surface area contributed by atoms with Gasteiger partial charge in [0.25, 0.3) is 0 Å². The van der Waals surface area contributed by atoms with Crippen molar-refractivity contribution in [3.05, 3.63) is 23.2 Å². The predicted molar refractivity (Wildman–Crippen MR) is 68.4 cm³/mol. The molecule has 0 radical (unpaired) electrons. The molecule has 1 saturated carbocycles. The molecule has 1 fully saturated rings.